The minimum absolute atomic E-state index is 0.825. The third kappa shape index (κ3) is 2.06. The summed E-state index contributed by atoms with van der Waals surface area (Å²) >= 11 is 0. The van der Waals surface area contributed by atoms with Crippen LogP contribution in [0.25, 0.3) is 10.9 Å². The molecule has 94 valence electrons. The van der Waals surface area contributed by atoms with Crippen LogP contribution in [0.3, 0.4) is 0 Å². The first kappa shape index (κ1) is 11.5. The summed E-state index contributed by atoms with van der Waals surface area (Å²) in [6.07, 6.45) is 2.61. The van der Waals surface area contributed by atoms with E-state index in [0.717, 1.165) is 17.8 Å². The van der Waals surface area contributed by atoms with Gasteiger partial charge in [-0.2, -0.15) is 0 Å². The summed E-state index contributed by atoms with van der Waals surface area (Å²) < 4.78 is 0. The lowest BCUT2D eigenvalue weighted by Crippen LogP contribution is -2.19. The molecule has 1 fully saturated rings. The zero-order valence-electron chi connectivity index (χ0n) is 10.8. The zero-order chi connectivity index (χ0) is 12.4. The fraction of sp³-hybridized carbons (Fsp3) is 0.400. The molecule has 0 radical (unpaired) electrons. The van der Waals surface area contributed by atoms with E-state index in [1.165, 1.54) is 37.0 Å². The SMILES string of the molecule is CNCc1cc(N2CCCC2)c2ccccc2n1. The van der Waals surface area contributed by atoms with Gasteiger partial charge in [-0.25, -0.2) is 0 Å². The summed E-state index contributed by atoms with van der Waals surface area (Å²) in [4.78, 5) is 7.20. The molecule has 0 aliphatic carbocycles. The van der Waals surface area contributed by atoms with E-state index in [4.69, 9.17) is 4.98 Å². The summed E-state index contributed by atoms with van der Waals surface area (Å²) in [5.74, 6) is 0. The first-order valence-corrected chi connectivity index (χ1v) is 6.67. The molecule has 3 heteroatoms. The second-order valence-electron chi connectivity index (χ2n) is 4.87. The molecule has 0 spiro atoms. The minimum atomic E-state index is 0.825. The largest absolute Gasteiger partial charge is 0.371 e. The molecule has 2 heterocycles. The van der Waals surface area contributed by atoms with E-state index in [2.05, 4.69) is 40.5 Å². The number of hydrogen-bond donors (Lipinski definition) is 1. The summed E-state index contributed by atoms with van der Waals surface area (Å²) in [5.41, 5.74) is 3.58. The molecule has 0 bridgehead atoms. The van der Waals surface area contributed by atoms with Gasteiger partial charge < -0.3 is 10.2 Å². The van der Waals surface area contributed by atoms with Gasteiger partial charge in [-0.3, -0.25) is 4.98 Å². The van der Waals surface area contributed by atoms with Gasteiger partial charge in [-0.15, -0.1) is 0 Å². The molecule has 1 aliphatic rings. The van der Waals surface area contributed by atoms with Gasteiger partial charge >= 0.3 is 0 Å². The predicted molar refractivity (Wildman–Crippen MR) is 76.0 cm³/mol. The average molecular weight is 241 g/mol. The molecule has 1 aliphatic heterocycles. The molecule has 2 aromatic rings. The molecule has 0 atom stereocenters. The number of anilines is 1. The van der Waals surface area contributed by atoms with E-state index in [1.807, 2.05) is 7.05 Å². The lowest BCUT2D eigenvalue weighted by molar-refractivity contribution is 0.794. The van der Waals surface area contributed by atoms with Crippen LogP contribution in [-0.2, 0) is 6.54 Å². The molecule has 0 amide bonds. The number of hydrogen-bond acceptors (Lipinski definition) is 3. The van der Waals surface area contributed by atoms with Crippen molar-refractivity contribution in [2.24, 2.45) is 0 Å². The normalized spacial score (nSPS) is 15.5. The molecule has 1 saturated heterocycles. The molecule has 1 aromatic carbocycles. The third-order valence-electron chi connectivity index (χ3n) is 3.55. The van der Waals surface area contributed by atoms with Crippen molar-refractivity contribution in [1.82, 2.24) is 10.3 Å². The summed E-state index contributed by atoms with van der Waals surface area (Å²) in [5, 5.41) is 4.46. The van der Waals surface area contributed by atoms with Crippen molar-refractivity contribution in [3.63, 3.8) is 0 Å². The van der Waals surface area contributed by atoms with Gasteiger partial charge in [0.15, 0.2) is 0 Å². The summed E-state index contributed by atoms with van der Waals surface area (Å²) in [7, 11) is 1.96. The van der Waals surface area contributed by atoms with Crippen LogP contribution in [0.2, 0.25) is 0 Å². The minimum Gasteiger partial charge on any atom is -0.371 e. The van der Waals surface area contributed by atoms with E-state index in [0.29, 0.717) is 0 Å². The standard InChI is InChI=1S/C15H19N3/c1-16-11-12-10-15(18-8-4-5-9-18)13-6-2-3-7-14(13)17-12/h2-3,6-7,10,16H,4-5,8-9,11H2,1H3. The van der Waals surface area contributed by atoms with Crippen LogP contribution in [0.5, 0.6) is 0 Å². The number of nitrogens with zero attached hydrogens (tertiary/aromatic N) is 2. The van der Waals surface area contributed by atoms with E-state index < -0.39 is 0 Å². The Hall–Kier alpha value is -1.61. The smallest absolute Gasteiger partial charge is 0.0726 e. The Morgan fingerprint density at radius 3 is 2.78 bits per heavy atom. The van der Waals surface area contributed by atoms with E-state index >= 15 is 0 Å². The summed E-state index contributed by atoms with van der Waals surface area (Å²) in [6, 6.07) is 10.7. The van der Waals surface area contributed by atoms with Crippen LogP contribution >= 0.6 is 0 Å². The highest BCUT2D eigenvalue weighted by atomic mass is 15.1. The van der Waals surface area contributed by atoms with Gasteiger partial charge in [0.25, 0.3) is 0 Å². The Morgan fingerprint density at radius 2 is 2.00 bits per heavy atom. The highest BCUT2D eigenvalue weighted by Gasteiger charge is 2.16. The number of fused-ring (bicyclic) bond motifs is 1. The van der Waals surface area contributed by atoms with Crippen molar-refractivity contribution in [2.45, 2.75) is 19.4 Å². The Morgan fingerprint density at radius 1 is 1.22 bits per heavy atom. The van der Waals surface area contributed by atoms with E-state index in [-0.39, 0.29) is 0 Å². The Balaban J connectivity index is 2.13. The predicted octanol–water partition coefficient (Wildman–Crippen LogP) is 2.55. The van der Waals surface area contributed by atoms with E-state index in [9.17, 15) is 0 Å². The maximum atomic E-state index is 4.71. The van der Waals surface area contributed by atoms with Crippen LogP contribution in [-0.4, -0.2) is 25.1 Å². The van der Waals surface area contributed by atoms with Gasteiger partial charge in [-0.05, 0) is 32.0 Å². The lowest BCUT2D eigenvalue weighted by Gasteiger charge is -2.20. The second-order valence-corrected chi connectivity index (χ2v) is 4.87. The Bertz CT molecular complexity index is 544. The van der Waals surface area contributed by atoms with Crippen molar-refractivity contribution >= 4 is 16.6 Å². The first-order chi connectivity index (χ1) is 8.88. The number of aromatic nitrogens is 1. The number of rotatable bonds is 3. The highest BCUT2D eigenvalue weighted by Crippen LogP contribution is 2.29. The van der Waals surface area contributed by atoms with Crippen molar-refractivity contribution < 1.29 is 0 Å². The van der Waals surface area contributed by atoms with Gasteiger partial charge in [0.05, 0.1) is 11.2 Å². The topological polar surface area (TPSA) is 28.2 Å². The van der Waals surface area contributed by atoms with Crippen molar-refractivity contribution in [3.05, 3.63) is 36.0 Å². The molecule has 3 nitrogen and oxygen atoms in total. The molecule has 3 rings (SSSR count). The van der Waals surface area contributed by atoms with Crippen LogP contribution in [0.4, 0.5) is 5.69 Å². The van der Waals surface area contributed by atoms with Crippen LogP contribution in [0.1, 0.15) is 18.5 Å². The van der Waals surface area contributed by atoms with E-state index in [1.54, 1.807) is 0 Å². The van der Waals surface area contributed by atoms with Crippen molar-refractivity contribution in [3.8, 4) is 0 Å². The van der Waals surface area contributed by atoms with Gasteiger partial charge in [-0.1, -0.05) is 18.2 Å². The number of nitrogens with one attached hydrogen (secondary N) is 1. The van der Waals surface area contributed by atoms with Crippen molar-refractivity contribution in [1.29, 1.82) is 0 Å². The third-order valence-corrected chi connectivity index (χ3v) is 3.55. The quantitative estimate of drug-likeness (QED) is 0.895. The van der Waals surface area contributed by atoms with Gasteiger partial charge in [0, 0.05) is 30.7 Å². The van der Waals surface area contributed by atoms with Crippen LogP contribution in [0, 0.1) is 0 Å². The fourth-order valence-electron chi connectivity index (χ4n) is 2.70. The number of benzene rings is 1. The number of pyridine rings is 1. The van der Waals surface area contributed by atoms with Crippen molar-refractivity contribution in [2.75, 3.05) is 25.0 Å². The first-order valence-electron chi connectivity index (χ1n) is 6.67. The second kappa shape index (κ2) is 4.94. The monoisotopic (exact) mass is 241 g/mol. The zero-order valence-corrected chi connectivity index (χ0v) is 10.8. The average Bonchev–Trinajstić information content (AvgIpc) is 2.92. The molecular formula is C15H19N3. The van der Waals surface area contributed by atoms with Crippen LogP contribution < -0.4 is 10.2 Å². The molecule has 0 saturated carbocycles. The van der Waals surface area contributed by atoms with Crippen LogP contribution in [0.15, 0.2) is 30.3 Å². The Kier molecular flexibility index (Phi) is 3.15. The summed E-state index contributed by atoms with van der Waals surface area (Å²) in [6.45, 7) is 3.17. The Labute approximate surface area is 108 Å². The van der Waals surface area contributed by atoms with Gasteiger partial charge in [0.2, 0.25) is 0 Å². The molecule has 1 aromatic heterocycles. The number of para-hydroxylation sites is 1. The molecule has 1 N–H and O–H groups in total. The maximum absolute atomic E-state index is 4.71. The van der Waals surface area contributed by atoms with Gasteiger partial charge in [0.1, 0.15) is 0 Å². The molecule has 18 heavy (non-hydrogen) atoms. The fourth-order valence-corrected chi connectivity index (χ4v) is 2.70. The molecule has 0 unspecified atom stereocenters. The maximum Gasteiger partial charge on any atom is 0.0726 e. The molecular weight excluding hydrogens is 222 g/mol. The highest BCUT2D eigenvalue weighted by molar-refractivity contribution is 5.92. The lowest BCUT2D eigenvalue weighted by atomic mass is 10.1.